The molecule has 2 aromatic heterocycles. The summed E-state index contributed by atoms with van der Waals surface area (Å²) in [5, 5.41) is 14.9. The summed E-state index contributed by atoms with van der Waals surface area (Å²) in [6.45, 7) is 0.368. The number of carbonyl (C=O) groups is 1. The van der Waals surface area contributed by atoms with Crippen LogP contribution >= 0.6 is 0 Å². The molecule has 0 spiro atoms. The first-order valence-corrected chi connectivity index (χ1v) is 8.53. The molecule has 0 saturated carbocycles. The summed E-state index contributed by atoms with van der Waals surface area (Å²) in [5.74, 6) is -0.174. The Morgan fingerprint density at radius 1 is 1.04 bits per heavy atom. The van der Waals surface area contributed by atoms with E-state index >= 15 is 0 Å². The van der Waals surface area contributed by atoms with Gasteiger partial charge in [-0.15, -0.1) is 0 Å². The van der Waals surface area contributed by atoms with Gasteiger partial charge >= 0.3 is 0 Å². The third-order valence-electron chi connectivity index (χ3n) is 4.25. The molecule has 0 bridgehead atoms. The molecule has 7 nitrogen and oxygen atoms in total. The molecule has 0 aliphatic carbocycles. The molecule has 4 aromatic rings. The third-order valence-corrected chi connectivity index (χ3v) is 4.25. The van der Waals surface area contributed by atoms with Gasteiger partial charge in [-0.25, -0.2) is 9.78 Å². The molecule has 0 aliphatic heterocycles. The zero-order chi connectivity index (χ0) is 18.6. The molecule has 0 saturated heterocycles. The van der Waals surface area contributed by atoms with Gasteiger partial charge in [0, 0.05) is 23.7 Å². The summed E-state index contributed by atoms with van der Waals surface area (Å²) in [7, 11) is 0. The first-order valence-electron chi connectivity index (χ1n) is 8.53. The zero-order valence-corrected chi connectivity index (χ0v) is 14.4. The second kappa shape index (κ2) is 7.25. The minimum Gasteiger partial charge on any atom is -0.352 e. The molecule has 4 rings (SSSR count). The van der Waals surface area contributed by atoms with E-state index in [2.05, 4.69) is 20.6 Å². The van der Waals surface area contributed by atoms with Crippen molar-refractivity contribution in [2.45, 2.75) is 13.0 Å². The van der Waals surface area contributed by atoms with Crippen LogP contribution in [-0.2, 0) is 17.8 Å². The van der Waals surface area contributed by atoms with E-state index in [4.69, 9.17) is 0 Å². The molecule has 0 radical (unpaired) electrons. The lowest BCUT2D eigenvalue weighted by Gasteiger charge is -2.06. The Labute approximate surface area is 154 Å². The van der Waals surface area contributed by atoms with Gasteiger partial charge in [0.1, 0.15) is 0 Å². The Bertz CT molecular complexity index is 1150. The van der Waals surface area contributed by atoms with Gasteiger partial charge in [0.15, 0.2) is 0 Å². The number of nitrogens with zero attached hydrogens (tertiary/aromatic N) is 3. The first-order chi connectivity index (χ1) is 13.2. The molecule has 2 heterocycles. The van der Waals surface area contributed by atoms with Crippen molar-refractivity contribution in [2.24, 2.45) is 0 Å². The lowest BCUT2D eigenvalue weighted by molar-refractivity contribution is -0.120. The number of aromatic nitrogens is 4. The van der Waals surface area contributed by atoms with Gasteiger partial charge < -0.3 is 5.32 Å². The number of hydrogen-bond acceptors (Lipinski definition) is 4. The number of benzene rings is 2. The second-order valence-corrected chi connectivity index (χ2v) is 6.13. The lowest BCUT2D eigenvalue weighted by atomic mass is 10.1. The molecule has 134 valence electrons. The van der Waals surface area contributed by atoms with Gasteiger partial charge in [-0.1, -0.05) is 36.4 Å². The lowest BCUT2D eigenvalue weighted by Crippen LogP contribution is -2.25. The highest BCUT2D eigenvalue weighted by molar-refractivity contribution is 5.88. The fraction of sp³-hybridized carbons (Fsp3) is 0.100. The Balaban J connectivity index is 1.43. The van der Waals surface area contributed by atoms with Crippen molar-refractivity contribution >= 4 is 16.7 Å². The number of nitrogens with one attached hydrogen (secondary N) is 2. The normalized spacial score (nSPS) is 10.8. The first kappa shape index (κ1) is 16.7. The van der Waals surface area contributed by atoms with Crippen LogP contribution in [0.2, 0.25) is 0 Å². The van der Waals surface area contributed by atoms with Gasteiger partial charge in [0.05, 0.1) is 29.4 Å². The number of rotatable bonds is 5. The average Bonchev–Trinajstić information content (AvgIpc) is 3.19. The quantitative estimate of drug-likeness (QED) is 0.570. The van der Waals surface area contributed by atoms with Crippen LogP contribution in [0.1, 0.15) is 11.3 Å². The van der Waals surface area contributed by atoms with E-state index < -0.39 is 0 Å². The predicted molar refractivity (Wildman–Crippen MR) is 101 cm³/mol. The number of carbonyl (C=O) groups excluding carboxylic acids is 1. The Morgan fingerprint density at radius 3 is 2.59 bits per heavy atom. The van der Waals surface area contributed by atoms with Crippen molar-refractivity contribution in [1.29, 1.82) is 0 Å². The minimum atomic E-state index is -0.261. The maximum atomic E-state index is 12.3. The van der Waals surface area contributed by atoms with E-state index in [0.717, 1.165) is 11.3 Å². The molecule has 0 fully saturated rings. The van der Waals surface area contributed by atoms with Crippen molar-refractivity contribution in [3.05, 3.63) is 88.6 Å². The summed E-state index contributed by atoms with van der Waals surface area (Å²) in [4.78, 5) is 24.1. The Kier molecular flexibility index (Phi) is 4.49. The monoisotopic (exact) mass is 359 g/mol. The van der Waals surface area contributed by atoms with Crippen LogP contribution in [0.4, 0.5) is 0 Å². The molecule has 1 amide bonds. The topological polar surface area (TPSA) is 92.7 Å². The van der Waals surface area contributed by atoms with Crippen LogP contribution in [0.25, 0.3) is 16.5 Å². The van der Waals surface area contributed by atoms with E-state index in [-0.39, 0.29) is 17.9 Å². The molecule has 0 atom stereocenters. The van der Waals surface area contributed by atoms with E-state index in [1.54, 1.807) is 29.1 Å². The number of H-pyrrole nitrogens is 1. The summed E-state index contributed by atoms with van der Waals surface area (Å²) in [6, 6.07) is 16.9. The number of para-hydroxylation sites is 1. The number of aromatic amines is 1. The van der Waals surface area contributed by atoms with Crippen LogP contribution in [0, 0.1) is 0 Å². The van der Waals surface area contributed by atoms with Crippen LogP contribution in [-0.4, -0.2) is 25.9 Å². The summed E-state index contributed by atoms with van der Waals surface area (Å²) in [5.41, 5.74) is 2.14. The van der Waals surface area contributed by atoms with Gasteiger partial charge in [-0.3, -0.25) is 9.59 Å². The molecule has 0 aliphatic rings. The fourth-order valence-electron chi connectivity index (χ4n) is 2.89. The molecule has 2 aromatic carbocycles. The highest BCUT2D eigenvalue weighted by atomic mass is 16.1. The molecule has 2 N–H and O–H groups in total. The molecular weight excluding hydrogens is 342 g/mol. The van der Waals surface area contributed by atoms with Crippen molar-refractivity contribution in [1.82, 2.24) is 25.3 Å². The summed E-state index contributed by atoms with van der Waals surface area (Å²) >= 11 is 0. The van der Waals surface area contributed by atoms with Crippen LogP contribution < -0.4 is 10.9 Å². The summed E-state index contributed by atoms with van der Waals surface area (Å²) in [6.07, 6.45) is 3.69. The maximum absolute atomic E-state index is 12.3. The SMILES string of the molecule is O=C(Cc1n[nH]c(=O)c2ccccc12)NCc1cnn(-c2ccccc2)c1. The standard InChI is InChI=1S/C20H17N5O2/c26-19(10-18-16-8-4-5-9-17(16)20(27)24-23-18)21-11-14-12-22-25(13-14)15-6-2-1-3-7-15/h1-9,12-13H,10-11H2,(H,21,26)(H,24,27). The van der Waals surface area contributed by atoms with Crippen LogP contribution in [0.5, 0.6) is 0 Å². The third kappa shape index (κ3) is 3.62. The smallest absolute Gasteiger partial charge is 0.272 e. The van der Waals surface area contributed by atoms with Crippen LogP contribution in [0.15, 0.2) is 71.8 Å². The second-order valence-electron chi connectivity index (χ2n) is 6.13. The van der Waals surface area contributed by atoms with Crippen molar-refractivity contribution in [3.8, 4) is 5.69 Å². The molecule has 7 heteroatoms. The van der Waals surface area contributed by atoms with E-state index in [1.165, 1.54) is 0 Å². The van der Waals surface area contributed by atoms with E-state index in [0.29, 0.717) is 23.0 Å². The number of hydrogen-bond donors (Lipinski definition) is 2. The molecule has 27 heavy (non-hydrogen) atoms. The molecular formula is C20H17N5O2. The highest BCUT2D eigenvalue weighted by Crippen LogP contribution is 2.13. The van der Waals surface area contributed by atoms with Crippen LogP contribution in [0.3, 0.4) is 0 Å². The highest BCUT2D eigenvalue weighted by Gasteiger charge is 2.11. The number of amides is 1. The zero-order valence-electron chi connectivity index (χ0n) is 14.4. The van der Waals surface area contributed by atoms with Gasteiger partial charge in [0.2, 0.25) is 5.91 Å². The number of fused-ring (bicyclic) bond motifs is 1. The minimum absolute atomic E-state index is 0.0874. The van der Waals surface area contributed by atoms with Gasteiger partial charge in [0.25, 0.3) is 5.56 Å². The summed E-state index contributed by atoms with van der Waals surface area (Å²) < 4.78 is 1.76. The van der Waals surface area contributed by atoms with Gasteiger partial charge in [-0.05, 0) is 18.2 Å². The largest absolute Gasteiger partial charge is 0.352 e. The van der Waals surface area contributed by atoms with Crippen molar-refractivity contribution < 1.29 is 4.79 Å². The maximum Gasteiger partial charge on any atom is 0.272 e. The van der Waals surface area contributed by atoms with E-state index in [9.17, 15) is 9.59 Å². The Morgan fingerprint density at radius 2 is 1.78 bits per heavy atom. The van der Waals surface area contributed by atoms with E-state index in [1.807, 2.05) is 42.6 Å². The van der Waals surface area contributed by atoms with Crippen molar-refractivity contribution in [2.75, 3.05) is 0 Å². The van der Waals surface area contributed by atoms with Crippen molar-refractivity contribution in [3.63, 3.8) is 0 Å². The van der Waals surface area contributed by atoms with Gasteiger partial charge in [-0.2, -0.15) is 10.2 Å². The Hall–Kier alpha value is -3.74. The fourth-order valence-corrected chi connectivity index (χ4v) is 2.89. The predicted octanol–water partition coefficient (Wildman–Crippen LogP) is 1.97. The molecule has 0 unspecified atom stereocenters. The average molecular weight is 359 g/mol.